The average molecular weight is 282 g/mol. The van der Waals surface area contributed by atoms with Crippen LogP contribution in [0.15, 0.2) is 11.4 Å². The van der Waals surface area contributed by atoms with Crippen molar-refractivity contribution >= 4 is 29.0 Å². The zero-order valence-corrected chi connectivity index (χ0v) is 12.5. The van der Waals surface area contributed by atoms with Gasteiger partial charge in [-0.1, -0.05) is 11.8 Å². The van der Waals surface area contributed by atoms with Crippen molar-refractivity contribution in [1.82, 2.24) is 5.32 Å². The Labute approximate surface area is 117 Å². The molecule has 0 saturated carbocycles. The lowest BCUT2D eigenvalue weighted by Crippen LogP contribution is -2.35. The molecule has 0 fully saturated rings. The molecule has 1 heterocycles. The zero-order chi connectivity index (χ0) is 13.6. The van der Waals surface area contributed by atoms with E-state index in [9.17, 15) is 4.79 Å². The Morgan fingerprint density at radius 2 is 2.33 bits per heavy atom. The van der Waals surface area contributed by atoms with Crippen molar-refractivity contribution in [3.8, 4) is 11.8 Å². The van der Waals surface area contributed by atoms with Gasteiger partial charge in [0, 0.05) is 16.9 Å². The van der Waals surface area contributed by atoms with Crippen molar-refractivity contribution in [2.45, 2.75) is 18.6 Å². The first-order valence-electron chi connectivity index (χ1n) is 5.60. The number of carbonyl (C=O) groups excluding carboxylic acids is 1. The summed E-state index contributed by atoms with van der Waals surface area (Å²) in [6.07, 6.45) is 2.04. The molecule has 0 aliphatic carbocycles. The number of amides is 1. The number of hydrogen-bond donors (Lipinski definition) is 2. The second-order valence-corrected chi connectivity index (χ2v) is 6.75. The summed E-state index contributed by atoms with van der Waals surface area (Å²) in [4.78, 5) is 12.7. The van der Waals surface area contributed by atoms with Crippen LogP contribution in [-0.2, 0) is 0 Å². The van der Waals surface area contributed by atoms with E-state index in [2.05, 4.69) is 31.0 Å². The van der Waals surface area contributed by atoms with E-state index in [1.807, 2.05) is 17.7 Å². The van der Waals surface area contributed by atoms with E-state index in [-0.39, 0.29) is 10.7 Å². The Morgan fingerprint density at radius 3 is 2.94 bits per heavy atom. The Bertz CT molecular complexity index is 469. The molecule has 0 aliphatic heterocycles. The summed E-state index contributed by atoms with van der Waals surface area (Å²) in [7, 11) is 0. The van der Waals surface area contributed by atoms with Crippen LogP contribution in [0.1, 0.15) is 29.1 Å². The molecule has 0 aliphatic rings. The van der Waals surface area contributed by atoms with Gasteiger partial charge in [0.05, 0.1) is 6.54 Å². The summed E-state index contributed by atoms with van der Waals surface area (Å²) < 4.78 is 0.0377. The van der Waals surface area contributed by atoms with Gasteiger partial charge in [-0.25, -0.2) is 0 Å². The number of carbonyl (C=O) groups is 1. The predicted molar refractivity (Wildman–Crippen MR) is 80.2 cm³/mol. The molecule has 1 rings (SSSR count). The van der Waals surface area contributed by atoms with Gasteiger partial charge in [-0.2, -0.15) is 11.8 Å². The number of nitrogens with two attached hydrogens (primary N) is 1. The molecular weight excluding hydrogens is 264 g/mol. The summed E-state index contributed by atoms with van der Waals surface area (Å²) in [6.45, 7) is 5.13. The third-order valence-electron chi connectivity index (χ3n) is 2.42. The maximum atomic E-state index is 12.0. The molecule has 0 saturated heterocycles. The van der Waals surface area contributed by atoms with E-state index in [4.69, 9.17) is 5.73 Å². The summed E-state index contributed by atoms with van der Waals surface area (Å²) >= 11 is 3.13. The van der Waals surface area contributed by atoms with E-state index < -0.39 is 0 Å². The third-order valence-corrected chi connectivity index (χ3v) is 4.59. The van der Waals surface area contributed by atoms with Crippen LogP contribution >= 0.6 is 23.1 Å². The van der Waals surface area contributed by atoms with Crippen LogP contribution in [-0.4, -0.2) is 30.0 Å². The van der Waals surface area contributed by atoms with E-state index in [1.165, 1.54) is 11.3 Å². The van der Waals surface area contributed by atoms with Gasteiger partial charge in [-0.15, -0.1) is 11.3 Å². The maximum Gasteiger partial charge on any atom is 0.262 e. The van der Waals surface area contributed by atoms with Crippen LogP contribution in [0.25, 0.3) is 0 Å². The molecule has 0 radical (unpaired) electrons. The van der Waals surface area contributed by atoms with Gasteiger partial charge in [0.25, 0.3) is 5.91 Å². The van der Waals surface area contributed by atoms with E-state index in [1.54, 1.807) is 11.8 Å². The van der Waals surface area contributed by atoms with E-state index >= 15 is 0 Å². The van der Waals surface area contributed by atoms with Gasteiger partial charge in [0.15, 0.2) is 0 Å². The largest absolute Gasteiger partial charge is 0.350 e. The van der Waals surface area contributed by atoms with Gasteiger partial charge in [-0.05, 0) is 31.5 Å². The predicted octanol–water partition coefficient (Wildman–Crippen LogP) is 1.93. The maximum absolute atomic E-state index is 12.0. The Kier molecular flexibility index (Phi) is 5.73. The number of thiophene rings is 1. The number of rotatable bonds is 4. The zero-order valence-electron chi connectivity index (χ0n) is 10.9. The van der Waals surface area contributed by atoms with Crippen molar-refractivity contribution < 1.29 is 4.79 Å². The van der Waals surface area contributed by atoms with Crippen molar-refractivity contribution in [3.05, 3.63) is 21.9 Å². The van der Waals surface area contributed by atoms with Crippen molar-refractivity contribution in [1.29, 1.82) is 0 Å². The number of nitrogens with one attached hydrogen (secondary N) is 1. The molecule has 3 nitrogen and oxygen atoms in total. The highest BCUT2D eigenvalue weighted by Crippen LogP contribution is 2.20. The van der Waals surface area contributed by atoms with Crippen LogP contribution in [0.3, 0.4) is 0 Å². The number of hydrogen-bond acceptors (Lipinski definition) is 4. The smallest absolute Gasteiger partial charge is 0.262 e. The summed E-state index contributed by atoms with van der Waals surface area (Å²) in [6, 6.07) is 1.85. The summed E-state index contributed by atoms with van der Waals surface area (Å²) in [5.41, 5.74) is 6.09. The first kappa shape index (κ1) is 15.1. The van der Waals surface area contributed by atoms with Crippen LogP contribution in [0.2, 0.25) is 0 Å². The molecule has 0 atom stereocenters. The SMILES string of the molecule is CSC(C)(C)CNC(=O)c1sccc1C#CCN. The standard InChI is InChI=1S/C13H18N2OS2/c1-13(2,17-3)9-15-12(16)11-10(5-4-7-14)6-8-18-11/h6,8H,7,9,14H2,1-3H3,(H,15,16). The van der Waals surface area contributed by atoms with Gasteiger partial charge < -0.3 is 11.1 Å². The fraction of sp³-hybridized carbons (Fsp3) is 0.462. The van der Waals surface area contributed by atoms with Gasteiger partial charge in [0.2, 0.25) is 0 Å². The van der Waals surface area contributed by atoms with Crippen LogP contribution < -0.4 is 11.1 Å². The van der Waals surface area contributed by atoms with Gasteiger partial charge in [-0.3, -0.25) is 4.79 Å². The van der Waals surface area contributed by atoms with Crippen molar-refractivity contribution in [2.75, 3.05) is 19.3 Å². The molecule has 1 aromatic heterocycles. The molecule has 3 N–H and O–H groups in total. The first-order chi connectivity index (χ1) is 8.50. The second-order valence-electron chi connectivity index (χ2n) is 4.32. The topological polar surface area (TPSA) is 55.1 Å². The molecule has 1 amide bonds. The first-order valence-corrected chi connectivity index (χ1v) is 7.70. The van der Waals surface area contributed by atoms with Crippen LogP contribution in [0.5, 0.6) is 0 Å². The Balaban J connectivity index is 2.71. The normalized spacial score (nSPS) is 10.7. The second kappa shape index (κ2) is 6.83. The monoisotopic (exact) mass is 282 g/mol. The fourth-order valence-corrected chi connectivity index (χ4v) is 2.16. The Morgan fingerprint density at radius 1 is 1.61 bits per heavy atom. The summed E-state index contributed by atoms with van der Waals surface area (Å²) in [5.74, 6) is 5.62. The van der Waals surface area contributed by atoms with Crippen LogP contribution in [0.4, 0.5) is 0 Å². The van der Waals surface area contributed by atoms with Crippen molar-refractivity contribution in [3.63, 3.8) is 0 Å². The third kappa shape index (κ3) is 4.37. The van der Waals surface area contributed by atoms with E-state index in [0.29, 0.717) is 18.0 Å². The summed E-state index contributed by atoms with van der Waals surface area (Å²) in [5, 5.41) is 4.81. The molecule has 0 aromatic carbocycles. The lowest BCUT2D eigenvalue weighted by molar-refractivity contribution is 0.0954. The highest BCUT2D eigenvalue weighted by molar-refractivity contribution is 7.99. The fourth-order valence-electron chi connectivity index (χ4n) is 1.18. The van der Waals surface area contributed by atoms with E-state index in [0.717, 1.165) is 5.56 Å². The molecular formula is C13H18N2OS2. The average Bonchev–Trinajstić information content (AvgIpc) is 2.82. The molecule has 1 aromatic rings. The number of thioether (sulfide) groups is 1. The molecule has 98 valence electrons. The quantitative estimate of drug-likeness (QED) is 0.830. The van der Waals surface area contributed by atoms with Gasteiger partial charge >= 0.3 is 0 Å². The molecule has 5 heteroatoms. The molecule has 0 bridgehead atoms. The lowest BCUT2D eigenvalue weighted by Gasteiger charge is -2.21. The minimum atomic E-state index is -0.0616. The molecule has 0 spiro atoms. The minimum Gasteiger partial charge on any atom is -0.350 e. The highest BCUT2D eigenvalue weighted by atomic mass is 32.2. The minimum absolute atomic E-state index is 0.0377. The molecule has 18 heavy (non-hydrogen) atoms. The highest BCUT2D eigenvalue weighted by Gasteiger charge is 2.19. The van der Waals surface area contributed by atoms with Crippen LogP contribution in [0, 0.1) is 11.8 Å². The Hall–Kier alpha value is -0.960. The van der Waals surface area contributed by atoms with Gasteiger partial charge in [0.1, 0.15) is 4.88 Å². The van der Waals surface area contributed by atoms with Crippen molar-refractivity contribution in [2.24, 2.45) is 5.73 Å². The lowest BCUT2D eigenvalue weighted by atomic mass is 10.2. The molecule has 0 unspecified atom stereocenters.